The van der Waals surface area contributed by atoms with Crippen molar-refractivity contribution in [2.24, 2.45) is 0 Å². The van der Waals surface area contributed by atoms with E-state index in [4.69, 9.17) is 9.97 Å². The summed E-state index contributed by atoms with van der Waals surface area (Å²) in [6.07, 6.45) is 0. The normalized spacial score (nSPS) is 11.1. The monoisotopic (exact) mass is 462 g/mol. The lowest BCUT2D eigenvalue weighted by molar-refractivity contribution is 1.21. The summed E-state index contributed by atoms with van der Waals surface area (Å²) in [4.78, 5) is 10.3. The lowest BCUT2D eigenvalue weighted by Gasteiger charge is -2.15. The Bertz CT molecular complexity index is 1670. The molecule has 1 heterocycles. The van der Waals surface area contributed by atoms with E-state index in [0.29, 0.717) is 0 Å². The molecule has 172 valence electrons. The third-order valence-corrected chi connectivity index (χ3v) is 6.75. The van der Waals surface area contributed by atoms with Gasteiger partial charge in [-0.05, 0) is 65.4 Å². The van der Waals surface area contributed by atoms with Crippen molar-refractivity contribution in [1.82, 2.24) is 9.97 Å². The second-order valence-corrected chi connectivity index (χ2v) is 9.21. The van der Waals surface area contributed by atoms with Crippen LogP contribution < -0.4 is 0 Å². The maximum absolute atomic E-state index is 5.22. The highest BCUT2D eigenvalue weighted by atomic mass is 14.9. The number of rotatable bonds is 4. The van der Waals surface area contributed by atoms with Crippen molar-refractivity contribution in [1.29, 1.82) is 0 Å². The van der Waals surface area contributed by atoms with E-state index in [2.05, 4.69) is 123 Å². The van der Waals surface area contributed by atoms with Crippen molar-refractivity contribution in [2.45, 2.75) is 13.8 Å². The number of hydrogen-bond donors (Lipinski definition) is 0. The van der Waals surface area contributed by atoms with Crippen LogP contribution in [0.25, 0.3) is 55.8 Å². The molecule has 0 aliphatic heterocycles. The van der Waals surface area contributed by atoms with E-state index in [-0.39, 0.29) is 0 Å². The molecule has 0 aliphatic rings. The quantitative estimate of drug-likeness (QED) is 0.261. The smallest absolute Gasteiger partial charge is 0.160 e. The average molecular weight is 463 g/mol. The van der Waals surface area contributed by atoms with Gasteiger partial charge in [-0.1, -0.05) is 103 Å². The first-order valence-corrected chi connectivity index (χ1v) is 12.3. The van der Waals surface area contributed by atoms with Crippen LogP contribution in [0.4, 0.5) is 0 Å². The number of fused-ring (bicyclic) bond motifs is 1. The lowest BCUT2D eigenvalue weighted by atomic mass is 9.95. The van der Waals surface area contributed by atoms with Crippen molar-refractivity contribution in [3.8, 4) is 44.9 Å². The van der Waals surface area contributed by atoms with Crippen molar-refractivity contribution in [2.75, 3.05) is 0 Å². The van der Waals surface area contributed by atoms with Crippen LogP contribution in [0.1, 0.15) is 11.1 Å². The number of aromatic nitrogens is 2. The molecular weight excluding hydrogens is 436 g/mol. The minimum atomic E-state index is 0.741. The lowest BCUT2D eigenvalue weighted by Crippen LogP contribution is -1.98. The Balaban J connectivity index is 1.59. The summed E-state index contributed by atoms with van der Waals surface area (Å²) in [5, 5.41) is 1.07. The van der Waals surface area contributed by atoms with E-state index in [1.165, 1.54) is 27.8 Å². The molecule has 0 spiro atoms. The fourth-order valence-corrected chi connectivity index (χ4v) is 4.91. The molecule has 0 saturated carbocycles. The summed E-state index contributed by atoms with van der Waals surface area (Å²) in [5.74, 6) is 0.741. The summed E-state index contributed by atoms with van der Waals surface area (Å²) in [6, 6.07) is 42.4. The molecule has 1 aromatic heterocycles. The van der Waals surface area contributed by atoms with Gasteiger partial charge in [-0.15, -0.1) is 0 Å². The Kier molecular flexibility index (Phi) is 5.63. The number of hydrogen-bond acceptors (Lipinski definition) is 2. The molecule has 0 bridgehead atoms. The molecule has 2 nitrogen and oxygen atoms in total. The van der Waals surface area contributed by atoms with E-state index < -0.39 is 0 Å². The van der Waals surface area contributed by atoms with Gasteiger partial charge in [0.25, 0.3) is 0 Å². The molecular formula is C34H26N2. The van der Waals surface area contributed by atoms with Crippen molar-refractivity contribution in [3.05, 3.63) is 132 Å². The summed E-state index contributed by atoms with van der Waals surface area (Å²) >= 11 is 0. The topological polar surface area (TPSA) is 25.8 Å². The molecule has 0 radical (unpaired) electrons. The standard InChI is InChI=1S/C34H26N2/c1-23-11-9-12-24(2)32(23)33-30-22-28(26-15-7-4-8-16-26)19-20-31(30)35-34(36-33)29-18-10-17-27(21-29)25-13-5-3-6-14-25/h3-22H,1-2H3. The molecule has 0 aliphatic carbocycles. The van der Waals surface area contributed by atoms with E-state index in [1.54, 1.807) is 0 Å². The van der Waals surface area contributed by atoms with Crippen molar-refractivity contribution < 1.29 is 0 Å². The average Bonchev–Trinajstić information content (AvgIpc) is 2.93. The second kappa shape index (κ2) is 9.24. The minimum absolute atomic E-state index is 0.741. The molecule has 0 N–H and O–H groups in total. The van der Waals surface area contributed by atoms with Crippen LogP contribution in [-0.4, -0.2) is 9.97 Å². The van der Waals surface area contributed by atoms with Gasteiger partial charge in [-0.2, -0.15) is 0 Å². The SMILES string of the molecule is Cc1cccc(C)c1-c1nc(-c2cccc(-c3ccccc3)c2)nc2ccc(-c3ccccc3)cc12. The fraction of sp³-hybridized carbons (Fsp3) is 0.0588. The highest BCUT2D eigenvalue weighted by Crippen LogP contribution is 2.36. The van der Waals surface area contributed by atoms with Gasteiger partial charge < -0.3 is 0 Å². The molecule has 0 amide bonds. The van der Waals surface area contributed by atoms with E-state index in [9.17, 15) is 0 Å². The molecule has 0 fully saturated rings. The van der Waals surface area contributed by atoms with Crippen molar-refractivity contribution in [3.63, 3.8) is 0 Å². The highest BCUT2D eigenvalue weighted by molar-refractivity contribution is 5.97. The third kappa shape index (κ3) is 4.08. The molecule has 36 heavy (non-hydrogen) atoms. The molecule has 0 atom stereocenters. The minimum Gasteiger partial charge on any atom is -0.228 e. The van der Waals surface area contributed by atoms with Gasteiger partial charge in [0.15, 0.2) is 5.82 Å². The Morgan fingerprint density at radius 2 is 1.00 bits per heavy atom. The zero-order valence-corrected chi connectivity index (χ0v) is 20.4. The maximum Gasteiger partial charge on any atom is 0.160 e. The third-order valence-electron chi connectivity index (χ3n) is 6.75. The van der Waals surface area contributed by atoms with Gasteiger partial charge in [-0.25, -0.2) is 9.97 Å². The number of benzene rings is 5. The number of aryl methyl sites for hydroxylation is 2. The van der Waals surface area contributed by atoms with Crippen LogP contribution >= 0.6 is 0 Å². The van der Waals surface area contributed by atoms with Gasteiger partial charge in [0.2, 0.25) is 0 Å². The first-order valence-electron chi connectivity index (χ1n) is 12.3. The van der Waals surface area contributed by atoms with Crippen LogP contribution in [0.15, 0.2) is 121 Å². The van der Waals surface area contributed by atoms with Crippen molar-refractivity contribution >= 4 is 10.9 Å². The summed E-state index contributed by atoms with van der Waals surface area (Å²) in [6.45, 7) is 4.32. The first kappa shape index (κ1) is 21.9. The van der Waals surface area contributed by atoms with Crippen LogP contribution in [0.2, 0.25) is 0 Å². The second-order valence-electron chi connectivity index (χ2n) is 9.21. The first-order chi connectivity index (χ1) is 17.7. The van der Waals surface area contributed by atoms with E-state index >= 15 is 0 Å². The van der Waals surface area contributed by atoms with Gasteiger partial charge in [0.1, 0.15) is 0 Å². The summed E-state index contributed by atoms with van der Waals surface area (Å²) < 4.78 is 0. The largest absolute Gasteiger partial charge is 0.228 e. The zero-order chi connectivity index (χ0) is 24.5. The molecule has 5 aromatic carbocycles. The Morgan fingerprint density at radius 1 is 0.444 bits per heavy atom. The molecule has 2 heteroatoms. The molecule has 6 rings (SSSR count). The van der Waals surface area contributed by atoms with Gasteiger partial charge in [-0.3, -0.25) is 0 Å². The Labute approximate surface area is 212 Å². The zero-order valence-electron chi connectivity index (χ0n) is 20.4. The number of nitrogens with zero attached hydrogens (tertiary/aromatic N) is 2. The predicted octanol–water partition coefficient (Wildman–Crippen LogP) is 8.91. The van der Waals surface area contributed by atoms with Gasteiger partial charge in [0, 0.05) is 16.5 Å². The molecule has 0 unspecified atom stereocenters. The fourth-order valence-electron chi connectivity index (χ4n) is 4.91. The van der Waals surface area contributed by atoms with Crippen LogP contribution in [0.5, 0.6) is 0 Å². The predicted molar refractivity (Wildman–Crippen MR) is 151 cm³/mol. The van der Waals surface area contributed by atoms with Gasteiger partial charge >= 0.3 is 0 Å². The maximum atomic E-state index is 5.22. The van der Waals surface area contributed by atoms with Crippen LogP contribution in [-0.2, 0) is 0 Å². The van der Waals surface area contributed by atoms with Crippen LogP contribution in [0.3, 0.4) is 0 Å². The Hall–Kier alpha value is -4.56. The molecule has 0 saturated heterocycles. The van der Waals surface area contributed by atoms with Gasteiger partial charge in [0.05, 0.1) is 11.2 Å². The van der Waals surface area contributed by atoms with Crippen LogP contribution in [0, 0.1) is 13.8 Å². The summed E-state index contributed by atoms with van der Waals surface area (Å²) in [7, 11) is 0. The summed E-state index contributed by atoms with van der Waals surface area (Å²) in [5.41, 5.74) is 11.2. The molecule has 6 aromatic rings. The van der Waals surface area contributed by atoms with E-state index in [0.717, 1.165) is 39.1 Å². The Morgan fingerprint density at radius 3 is 1.67 bits per heavy atom. The van der Waals surface area contributed by atoms with E-state index in [1.807, 2.05) is 12.1 Å². The highest BCUT2D eigenvalue weighted by Gasteiger charge is 2.16.